The van der Waals surface area contributed by atoms with Crippen molar-refractivity contribution in [2.45, 2.75) is 18.9 Å². The minimum absolute atomic E-state index is 0.0133. The molecule has 1 aliphatic rings. The second kappa shape index (κ2) is 8.16. The van der Waals surface area contributed by atoms with Gasteiger partial charge in [0, 0.05) is 18.7 Å². The SMILES string of the molecule is C=CC(=O)N1CCC[C@@H](n2nc(C#Cc3ccc4ccccc4c3)c3c(N)ncnc32)C1. The Bertz CT molecular complexity index is 1410. The molecule has 1 atom stereocenters. The van der Waals surface area contributed by atoms with Crippen molar-refractivity contribution in [3.05, 3.63) is 72.7 Å². The Hall–Kier alpha value is -4.18. The van der Waals surface area contributed by atoms with Gasteiger partial charge in [0.25, 0.3) is 0 Å². The first kappa shape index (κ1) is 19.8. The topological polar surface area (TPSA) is 89.9 Å². The summed E-state index contributed by atoms with van der Waals surface area (Å²) in [6.07, 6.45) is 4.56. The van der Waals surface area contributed by atoms with Crippen LogP contribution in [0, 0.1) is 11.8 Å². The van der Waals surface area contributed by atoms with Gasteiger partial charge in [0.15, 0.2) is 5.65 Å². The zero-order chi connectivity index (χ0) is 22.1. The molecule has 5 rings (SSSR count). The highest BCUT2D eigenvalue weighted by Crippen LogP contribution is 2.28. The van der Waals surface area contributed by atoms with E-state index in [2.05, 4.69) is 52.7 Å². The number of carbonyl (C=O) groups is 1. The maximum absolute atomic E-state index is 12.1. The summed E-state index contributed by atoms with van der Waals surface area (Å²) >= 11 is 0. The summed E-state index contributed by atoms with van der Waals surface area (Å²) < 4.78 is 1.85. The molecular weight excluding hydrogens is 400 g/mol. The van der Waals surface area contributed by atoms with Crippen molar-refractivity contribution in [3.63, 3.8) is 0 Å². The molecule has 0 bridgehead atoms. The predicted molar refractivity (Wildman–Crippen MR) is 125 cm³/mol. The third-order valence-corrected chi connectivity index (χ3v) is 5.82. The van der Waals surface area contributed by atoms with Crippen LogP contribution in [0.1, 0.15) is 30.1 Å². The van der Waals surface area contributed by atoms with Crippen molar-refractivity contribution in [1.82, 2.24) is 24.6 Å². The number of hydrogen-bond donors (Lipinski definition) is 1. The van der Waals surface area contributed by atoms with Crippen LogP contribution in [-0.2, 0) is 4.79 Å². The lowest BCUT2D eigenvalue weighted by atomic mass is 10.1. The highest BCUT2D eigenvalue weighted by atomic mass is 16.2. The van der Waals surface area contributed by atoms with E-state index in [9.17, 15) is 4.79 Å². The van der Waals surface area contributed by atoms with Crippen LogP contribution in [0.4, 0.5) is 5.82 Å². The van der Waals surface area contributed by atoms with Gasteiger partial charge in [-0.1, -0.05) is 42.8 Å². The fraction of sp³-hybridized carbons (Fsp3) is 0.200. The lowest BCUT2D eigenvalue weighted by Crippen LogP contribution is -2.40. The van der Waals surface area contributed by atoms with Crippen molar-refractivity contribution in [2.24, 2.45) is 0 Å². The van der Waals surface area contributed by atoms with Gasteiger partial charge in [-0.15, -0.1) is 0 Å². The number of nitrogens with zero attached hydrogens (tertiary/aromatic N) is 5. The second-order valence-electron chi connectivity index (χ2n) is 7.85. The van der Waals surface area contributed by atoms with Gasteiger partial charge in [0.2, 0.25) is 5.91 Å². The van der Waals surface area contributed by atoms with E-state index in [1.165, 1.54) is 17.8 Å². The molecule has 4 aromatic rings. The van der Waals surface area contributed by atoms with Crippen molar-refractivity contribution in [3.8, 4) is 11.8 Å². The van der Waals surface area contributed by atoms with Gasteiger partial charge in [-0.3, -0.25) is 4.79 Å². The van der Waals surface area contributed by atoms with Crippen LogP contribution in [-0.4, -0.2) is 43.6 Å². The summed E-state index contributed by atoms with van der Waals surface area (Å²) in [5, 5.41) is 7.71. The predicted octanol–water partition coefficient (Wildman–Crippen LogP) is 3.31. The van der Waals surface area contributed by atoms with E-state index < -0.39 is 0 Å². The van der Waals surface area contributed by atoms with Crippen LogP contribution in [0.15, 0.2) is 61.4 Å². The molecule has 0 saturated carbocycles. The summed E-state index contributed by atoms with van der Waals surface area (Å²) in [6, 6.07) is 14.3. The summed E-state index contributed by atoms with van der Waals surface area (Å²) in [5.41, 5.74) is 8.26. The summed E-state index contributed by atoms with van der Waals surface area (Å²) in [6.45, 7) is 4.86. The monoisotopic (exact) mass is 422 g/mol. The fourth-order valence-electron chi connectivity index (χ4n) is 4.22. The van der Waals surface area contributed by atoms with E-state index in [0.29, 0.717) is 35.6 Å². The van der Waals surface area contributed by atoms with Crippen LogP contribution < -0.4 is 5.73 Å². The molecule has 0 unspecified atom stereocenters. The minimum Gasteiger partial charge on any atom is -0.383 e. The molecular formula is C25H22N6O. The molecule has 3 heterocycles. The van der Waals surface area contributed by atoms with Gasteiger partial charge in [-0.2, -0.15) is 5.10 Å². The molecule has 2 N–H and O–H groups in total. The largest absolute Gasteiger partial charge is 0.383 e. The summed E-state index contributed by atoms with van der Waals surface area (Å²) in [4.78, 5) is 22.5. The van der Waals surface area contributed by atoms with Gasteiger partial charge >= 0.3 is 0 Å². The Morgan fingerprint density at radius 3 is 2.84 bits per heavy atom. The highest BCUT2D eigenvalue weighted by molar-refractivity contribution is 5.91. The van der Waals surface area contributed by atoms with Crippen LogP contribution >= 0.6 is 0 Å². The van der Waals surface area contributed by atoms with Gasteiger partial charge in [0.1, 0.15) is 17.8 Å². The Balaban J connectivity index is 1.55. The number of aromatic nitrogens is 4. The van der Waals surface area contributed by atoms with E-state index in [0.717, 1.165) is 23.8 Å². The standard InChI is InChI=1S/C25H22N6O/c1-2-22(32)30-13-5-8-20(15-30)31-25-23(24(26)27-16-28-25)21(29-31)12-10-17-9-11-18-6-3-4-7-19(18)14-17/h2-4,6-7,9,11,14,16,20H,1,5,8,13,15H2,(H2,26,27,28)/t20-/m1/s1. The fourth-order valence-corrected chi connectivity index (χ4v) is 4.22. The maximum Gasteiger partial charge on any atom is 0.246 e. The summed E-state index contributed by atoms with van der Waals surface area (Å²) in [7, 11) is 0. The Morgan fingerprint density at radius 2 is 2.00 bits per heavy atom. The number of nitrogen functional groups attached to an aromatic ring is 1. The van der Waals surface area contributed by atoms with Crippen LogP contribution in [0.5, 0.6) is 0 Å². The molecule has 158 valence electrons. The van der Waals surface area contributed by atoms with E-state index in [-0.39, 0.29) is 11.9 Å². The molecule has 32 heavy (non-hydrogen) atoms. The molecule has 1 aliphatic heterocycles. The maximum atomic E-state index is 12.1. The number of carbonyl (C=O) groups excluding carboxylic acids is 1. The summed E-state index contributed by atoms with van der Waals surface area (Å²) in [5.74, 6) is 6.66. The molecule has 1 saturated heterocycles. The number of benzene rings is 2. The molecule has 2 aromatic carbocycles. The van der Waals surface area contributed by atoms with Gasteiger partial charge < -0.3 is 10.6 Å². The molecule has 2 aromatic heterocycles. The van der Waals surface area contributed by atoms with Crippen LogP contribution in [0.3, 0.4) is 0 Å². The molecule has 7 nitrogen and oxygen atoms in total. The molecule has 1 amide bonds. The smallest absolute Gasteiger partial charge is 0.246 e. The Morgan fingerprint density at radius 1 is 1.16 bits per heavy atom. The second-order valence-corrected chi connectivity index (χ2v) is 7.85. The first-order valence-electron chi connectivity index (χ1n) is 10.5. The number of rotatable bonds is 2. The Labute approximate surface area is 185 Å². The third-order valence-electron chi connectivity index (χ3n) is 5.82. The normalized spacial score (nSPS) is 16.0. The van der Waals surface area contributed by atoms with Crippen molar-refractivity contribution in [1.29, 1.82) is 0 Å². The first-order chi connectivity index (χ1) is 15.6. The number of nitrogens with two attached hydrogens (primary N) is 1. The first-order valence-corrected chi connectivity index (χ1v) is 10.5. The van der Waals surface area contributed by atoms with E-state index in [1.807, 2.05) is 22.9 Å². The number of hydrogen-bond acceptors (Lipinski definition) is 5. The van der Waals surface area contributed by atoms with Crippen molar-refractivity contribution in [2.75, 3.05) is 18.8 Å². The molecule has 0 spiro atoms. The van der Waals surface area contributed by atoms with E-state index in [1.54, 1.807) is 4.90 Å². The zero-order valence-electron chi connectivity index (χ0n) is 17.5. The molecule has 0 aliphatic carbocycles. The molecule has 0 radical (unpaired) electrons. The van der Waals surface area contributed by atoms with Crippen molar-refractivity contribution < 1.29 is 4.79 Å². The van der Waals surface area contributed by atoms with Gasteiger partial charge in [-0.05, 0) is 47.7 Å². The lowest BCUT2D eigenvalue weighted by molar-refractivity contribution is -0.127. The lowest BCUT2D eigenvalue weighted by Gasteiger charge is -2.32. The molecule has 1 fully saturated rings. The van der Waals surface area contributed by atoms with Crippen LogP contribution in [0.25, 0.3) is 21.8 Å². The van der Waals surface area contributed by atoms with E-state index in [4.69, 9.17) is 10.8 Å². The quantitative estimate of drug-likeness (QED) is 0.395. The Kier molecular flexibility index (Phi) is 5.04. The number of anilines is 1. The van der Waals surface area contributed by atoms with Gasteiger partial charge in [-0.25, -0.2) is 14.6 Å². The average Bonchev–Trinajstić information content (AvgIpc) is 3.22. The number of likely N-dealkylation sites (tertiary alicyclic amines) is 1. The molecule has 7 heteroatoms. The van der Waals surface area contributed by atoms with E-state index >= 15 is 0 Å². The van der Waals surface area contributed by atoms with Crippen LogP contribution in [0.2, 0.25) is 0 Å². The zero-order valence-corrected chi connectivity index (χ0v) is 17.5. The average molecular weight is 422 g/mol. The number of amides is 1. The number of fused-ring (bicyclic) bond motifs is 2. The van der Waals surface area contributed by atoms with Gasteiger partial charge in [0.05, 0.1) is 11.4 Å². The highest BCUT2D eigenvalue weighted by Gasteiger charge is 2.27. The minimum atomic E-state index is -0.0726. The third kappa shape index (κ3) is 3.56. The van der Waals surface area contributed by atoms with Crippen molar-refractivity contribution >= 4 is 33.5 Å². The number of piperidine rings is 1.